The predicted octanol–water partition coefficient (Wildman–Crippen LogP) is 0.555. The van der Waals surface area contributed by atoms with Gasteiger partial charge in [0, 0.05) is 25.3 Å². The van der Waals surface area contributed by atoms with Crippen molar-refractivity contribution in [2.24, 2.45) is 0 Å². The highest BCUT2D eigenvalue weighted by atomic mass is 16.5. The monoisotopic (exact) mass is 420 g/mol. The summed E-state index contributed by atoms with van der Waals surface area (Å²) in [5.41, 5.74) is 0.706. The molecule has 3 rings (SSSR count). The number of benzene rings is 1. The molecule has 0 unspecified atom stereocenters. The van der Waals surface area contributed by atoms with Crippen LogP contribution in [-0.2, 0) is 14.3 Å². The van der Waals surface area contributed by atoms with Gasteiger partial charge in [0.25, 0.3) is 0 Å². The minimum absolute atomic E-state index is 0.00328. The van der Waals surface area contributed by atoms with Gasteiger partial charge in [-0.15, -0.1) is 0 Å². The van der Waals surface area contributed by atoms with Gasteiger partial charge in [-0.05, 0) is 31.4 Å². The number of urea groups is 1. The van der Waals surface area contributed by atoms with Crippen LogP contribution in [0.1, 0.15) is 19.3 Å². The van der Waals surface area contributed by atoms with Gasteiger partial charge in [-0.1, -0.05) is 18.2 Å². The van der Waals surface area contributed by atoms with Crippen molar-refractivity contribution < 1.29 is 24.2 Å². The number of ether oxygens (including phenoxy) is 2. The van der Waals surface area contributed by atoms with Crippen molar-refractivity contribution >= 4 is 17.6 Å². The second kappa shape index (κ2) is 11.8. The summed E-state index contributed by atoms with van der Waals surface area (Å²) in [6.07, 6.45) is 1.62. The van der Waals surface area contributed by atoms with Crippen molar-refractivity contribution in [1.29, 1.82) is 0 Å². The second-order valence-electron chi connectivity index (χ2n) is 7.65. The molecule has 2 aliphatic rings. The first-order valence-electron chi connectivity index (χ1n) is 10.6. The Morgan fingerprint density at radius 1 is 1.13 bits per heavy atom. The van der Waals surface area contributed by atoms with Gasteiger partial charge in [0.15, 0.2) is 0 Å². The van der Waals surface area contributed by atoms with E-state index >= 15 is 0 Å². The fraction of sp³-hybridized carbons (Fsp3) is 0.619. The smallest absolute Gasteiger partial charge is 0.319 e. The van der Waals surface area contributed by atoms with Crippen molar-refractivity contribution in [2.75, 3.05) is 51.3 Å². The number of anilines is 1. The van der Waals surface area contributed by atoms with E-state index < -0.39 is 6.10 Å². The SMILES string of the molecule is O=C(CN1CCOCC1)NCC[C@@H]1CC[C@@H](NC(=O)Nc2ccccc2)[C@@H](CO)O1. The molecule has 3 amide bonds. The van der Waals surface area contributed by atoms with Crippen LogP contribution >= 0.6 is 0 Å². The number of rotatable bonds is 8. The topological polar surface area (TPSA) is 112 Å². The molecule has 0 aromatic heterocycles. The molecule has 1 aromatic rings. The standard InChI is InChI=1S/C21H32N4O5/c26-15-19-18(24-21(28)23-16-4-2-1-3-5-16)7-6-17(30-19)8-9-22-20(27)14-25-10-12-29-13-11-25/h1-5,17-19,26H,6-15H2,(H,22,27)(H2,23,24,28)/t17-,18+,19+/m0/s1. The lowest BCUT2D eigenvalue weighted by molar-refractivity contribution is -0.123. The zero-order valence-electron chi connectivity index (χ0n) is 17.2. The predicted molar refractivity (Wildman–Crippen MR) is 112 cm³/mol. The first-order valence-corrected chi connectivity index (χ1v) is 10.6. The average molecular weight is 421 g/mol. The maximum atomic E-state index is 12.2. The molecule has 166 valence electrons. The van der Waals surface area contributed by atoms with Gasteiger partial charge >= 0.3 is 6.03 Å². The summed E-state index contributed by atoms with van der Waals surface area (Å²) in [5.74, 6) is 0.00328. The normalized spacial score (nSPS) is 24.8. The molecule has 1 aromatic carbocycles. The fourth-order valence-electron chi connectivity index (χ4n) is 3.76. The Balaban J connectivity index is 1.35. The third-order valence-electron chi connectivity index (χ3n) is 5.40. The highest BCUT2D eigenvalue weighted by molar-refractivity contribution is 5.89. The molecule has 2 fully saturated rings. The van der Waals surface area contributed by atoms with Gasteiger partial charge in [0.2, 0.25) is 5.91 Å². The van der Waals surface area contributed by atoms with Crippen LogP contribution in [0.3, 0.4) is 0 Å². The summed E-state index contributed by atoms with van der Waals surface area (Å²) in [4.78, 5) is 26.4. The van der Waals surface area contributed by atoms with Crippen LogP contribution in [0.2, 0.25) is 0 Å². The molecule has 9 heteroatoms. The van der Waals surface area contributed by atoms with Gasteiger partial charge in [-0.2, -0.15) is 0 Å². The molecule has 0 bridgehead atoms. The number of morpholine rings is 1. The van der Waals surface area contributed by atoms with E-state index in [-0.39, 0.29) is 30.7 Å². The van der Waals surface area contributed by atoms with Gasteiger partial charge < -0.3 is 30.5 Å². The number of amides is 3. The van der Waals surface area contributed by atoms with Crippen LogP contribution in [-0.4, -0.2) is 86.2 Å². The summed E-state index contributed by atoms with van der Waals surface area (Å²) < 4.78 is 11.2. The van der Waals surface area contributed by atoms with Crippen LogP contribution in [0.5, 0.6) is 0 Å². The largest absolute Gasteiger partial charge is 0.394 e. The number of para-hydroxylation sites is 1. The van der Waals surface area contributed by atoms with E-state index in [0.29, 0.717) is 44.8 Å². The van der Waals surface area contributed by atoms with Crippen molar-refractivity contribution in [3.05, 3.63) is 30.3 Å². The van der Waals surface area contributed by atoms with E-state index in [1.165, 1.54) is 0 Å². The van der Waals surface area contributed by atoms with Crippen molar-refractivity contribution in [3.8, 4) is 0 Å². The molecule has 4 N–H and O–H groups in total. The summed E-state index contributed by atoms with van der Waals surface area (Å²) in [6, 6.07) is 8.62. The molecule has 2 saturated heterocycles. The molecule has 9 nitrogen and oxygen atoms in total. The van der Waals surface area contributed by atoms with Gasteiger partial charge in [-0.25, -0.2) is 4.79 Å². The molecule has 0 radical (unpaired) electrons. The zero-order valence-corrected chi connectivity index (χ0v) is 17.2. The van der Waals surface area contributed by atoms with Crippen molar-refractivity contribution in [2.45, 2.75) is 37.5 Å². The summed E-state index contributed by atoms with van der Waals surface area (Å²) in [6.45, 7) is 3.65. The Morgan fingerprint density at radius 2 is 1.90 bits per heavy atom. The van der Waals surface area contributed by atoms with Gasteiger partial charge in [0.05, 0.1) is 38.5 Å². The summed E-state index contributed by atoms with van der Waals surface area (Å²) in [5, 5.41) is 18.3. The van der Waals surface area contributed by atoms with Gasteiger partial charge in [-0.3, -0.25) is 9.69 Å². The maximum absolute atomic E-state index is 12.2. The first kappa shape index (κ1) is 22.5. The van der Waals surface area contributed by atoms with Crippen LogP contribution in [0.25, 0.3) is 0 Å². The highest BCUT2D eigenvalue weighted by Crippen LogP contribution is 2.22. The Labute approximate surface area is 177 Å². The third-order valence-corrected chi connectivity index (χ3v) is 5.40. The van der Waals surface area contributed by atoms with Crippen LogP contribution in [0, 0.1) is 0 Å². The molecular formula is C21H32N4O5. The Bertz CT molecular complexity index is 669. The molecule has 0 aliphatic carbocycles. The van der Waals surface area contributed by atoms with Crippen LogP contribution < -0.4 is 16.0 Å². The van der Waals surface area contributed by atoms with E-state index in [4.69, 9.17) is 9.47 Å². The van der Waals surface area contributed by atoms with E-state index in [1.54, 1.807) is 0 Å². The first-order chi connectivity index (χ1) is 14.6. The second-order valence-corrected chi connectivity index (χ2v) is 7.65. The van der Waals surface area contributed by atoms with Gasteiger partial charge in [0.1, 0.15) is 6.10 Å². The fourth-order valence-corrected chi connectivity index (χ4v) is 3.76. The van der Waals surface area contributed by atoms with E-state index in [2.05, 4.69) is 20.9 Å². The zero-order chi connectivity index (χ0) is 21.2. The molecule has 2 heterocycles. The Hall–Kier alpha value is -2.20. The molecule has 3 atom stereocenters. The number of aliphatic hydroxyl groups excluding tert-OH is 1. The average Bonchev–Trinajstić information content (AvgIpc) is 2.76. The van der Waals surface area contributed by atoms with E-state index in [0.717, 1.165) is 19.5 Å². The molecule has 2 aliphatic heterocycles. The lowest BCUT2D eigenvalue weighted by atomic mass is 9.97. The minimum atomic E-state index is -0.464. The summed E-state index contributed by atoms with van der Waals surface area (Å²) >= 11 is 0. The number of hydrogen-bond donors (Lipinski definition) is 4. The number of carbonyl (C=O) groups is 2. The Morgan fingerprint density at radius 3 is 2.63 bits per heavy atom. The number of aliphatic hydroxyl groups is 1. The van der Waals surface area contributed by atoms with E-state index in [1.807, 2.05) is 30.3 Å². The third kappa shape index (κ3) is 7.24. The van der Waals surface area contributed by atoms with E-state index in [9.17, 15) is 14.7 Å². The van der Waals surface area contributed by atoms with Crippen LogP contribution in [0.4, 0.5) is 10.5 Å². The molecular weight excluding hydrogens is 388 g/mol. The highest BCUT2D eigenvalue weighted by Gasteiger charge is 2.31. The number of carbonyl (C=O) groups excluding carboxylic acids is 2. The molecule has 0 spiro atoms. The lowest BCUT2D eigenvalue weighted by Crippen LogP contribution is -2.52. The maximum Gasteiger partial charge on any atom is 0.319 e. The molecule has 30 heavy (non-hydrogen) atoms. The minimum Gasteiger partial charge on any atom is -0.394 e. The number of nitrogens with one attached hydrogen (secondary N) is 3. The van der Waals surface area contributed by atoms with Crippen LogP contribution in [0.15, 0.2) is 30.3 Å². The summed E-state index contributed by atoms with van der Waals surface area (Å²) in [7, 11) is 0. The van der Waals surface area contributed by atoms with Crippen molar-refractivity contribution in [1.82, 2.24) is 15.5 Å². The quantitative estimate of drug-likeness (QED) is 0.489. The lowest BCUT2D eigenvalue weighted by Gasteiger charge is -2.36. The Kier molecular flexibility index (Phi) is 8.88. The molecule has 0 saturated carbocycles. The number of hydrogen-bond acceptors (Lipinski definition) is 6. The van der Waals surface area contributed by atoms with Crippen molar-refractivity contribution in [3.63, 3.8) is 0 Å². The number of nitrogens with zero attached hydrogens (tertiary/aromatic N) is 1.